The molecular weight excluding hydrogens is 362 g/mol. The van der Waals surface area contributed by atoms with E-state index in [0.29, 0.717) is 5.92 Å². The van der Waals surface area contributed by atoms with Crippen LogP contribution in [-0.2, 0) is 6.42 Å². The highest BCUT2D eigenvalue weighted by atomic mass is 15.0. The first kappa shape index (κ1) is 18.9. The Balaban J connectivity index is 1.84. The third-order valence-corrected chi connectivity index (χ3v) is 6.54. The van der Waals surface area contributed by atoms with Crippen LogP contribution in [0.5, 0.6) is 0 Å². The minimum Gasteiger partial charge on any atom is -0.309 e. The summed E-state index contributed by atoms with van der Waals surface area (Å²) in [6.45, 7) is 9.02. The van der Waals surface area contributed by atoms with E-state index in [4.69, 9.17) is 0 Å². The lowest BCUT2D eigenvalue weighted by atomic mass is 9.85. The van der Waals surface area contributed by atoms with Gasteiger partial charge in [-0.25, -0.2) is 0 Å². The summed E-state index contributed by atoms with van der Waals surface area (Å²) in [6.07, 6.45) is 6.89. The van der Waals surface area contributed by atoms with Crippen molar-refractivity contribution < 1.29 is 0 Å². The lowest BCUT2D eigenvalue weighted by Gasteiger charge is -2.20. The van der Waals surface area contributed by atoms with Crippen molar-refractivity contribution in [3.05, 3.63) is 95.1 Å². The molecule has 1 atom stereocenters. The molecule has 0 radical (unpaired) electrons. The van der Waals surface area contributed by atoms with Crippen LogP contribution in [0.2, 0.25) is 0 Å². The molecular formula is C29H29N. The predicted molar refractivity (Wildman–Crippen MR) is 130 cm³/mol. The van der Waals surface area contributed by atoms with Gasteiger partial charge in [-0.3, -0.25) is 0 Å². The van der Waals surface area contributed by atoms with Crippen molar-refractivity contribution in [3.63, 3.8) is 0 Å². The zero-order chi connectivity index (χ0) is 20.8. The molecule has 5 rings (SSSR count). The number of hydrogen-bond acceptors (Lipinski definition) is 0. The topological polar surface area (TPSA) is 4.93 Å². The molecule has 1 aliphatic carbocycles. The predicted octanol–water partition coefficient (Wildman–Crippen LogP) is 8.02. The third kappa shape index (κ3) is 3.01. The minimum atomic E-state index is 0.631. The molecule has 1 aliphatic rings. The average Bonchev–Trinajstić information content (AvgIpc) is 3.07. The molecule has 3 aromatic carbocycles. The molecule has 1 unspecified atom stereocenters. The SMILES string of the molecule is CCc1cc2c(cc1C1=C(C)CC(C)C=C1)c1ccccc1n2-c1ccc(C)cc1. The van der Waals surface area contributed by atoms with Crippen LogP contribution >= 0.6 is 0 Å². The molecule has 150 valence electrons. The minimum absolute atomic E-state index is 0.631. The molecule has 4 aromatic rings. The molecule has 0 saturated carbocycles. The van der Waals surface area contributed by atoms with Crippen molar-refractivity contribution in [1.29, 1.82) is 0 Å². The van der Waals surface area contributed by atoms with E-state index in [2.05, 4.69) is 105 Å². The summed E-state index contributed by atoms with van der Waals surface area (Å²) in [7, 11) is 0. The second-order valence-corrected chi connectivity index (χ2v) is 8.80. The second kappa shape index (κ2) is 7.32. The summed E-state index contributed by atoms with van der Waals surface area (Å²) in [5.74, 6) is 0.631. The van der Waals surface area contributed by atoms with Gasteiger partial charge >= 0.3 is 0 Å². The summed E-state index contributed by atoms with van der Waals surface area (Å²) in [6, 6.07) is 22.5. The first-order valence-electron chi connectivity index (χ1n) is 11.1. The number of nitrogens with zero attached hydrogens (tertiary/aromatic N) is 1. The van der Waals surface area contributed by atoms with E-state index in [-0.39, 0.29) is 0 Å². The average molecular weight is 392 g/mol. The lowest BCUT2D eigenvalue weighted by Crippen LogP contribution is -2.02. The number of aromatic nitrogens is 1. The summed E-state index contributed by atoms with van der Waals surface area (Å²) in [4.78, 5) is 0. The molecule has 0 spiro atoms. The number of para-hydroxylation sites is 1. The molecule has 1 nitrogen and oxygen atoms in total. The Bertz CT molecular complexity index is 1310. The van der Waals surface area contributed by atoms with Crippen LogP contribution in [0.4, 0.5) is 0 Å². The Morgan fingerprint density at radius 2 is 1.67 bits per heavy atom. The number of benzene rings is 3. The Morgan fingerprint density at radius 1 is 0.900 bits per heavy atom. The van der Waals surface area contributed by atoms with Crippen LogP contribution in [0.3, 0.4) is 0 Å². The Morgan fingerprint density at radius 3 is 2.40 bits per heavy atom. The molecule has 0 saturated heterocycles. The highest BCUT2D eigenvalue weighted by Crippen LogP contribution is 2.38. The molecule has 1 heterocycles. The third-order valence-electron chi connectivity index (χ3n) is 6.54. The second-order valence-electron chi connectivity index (χ2n) is 8.80. The van der Waals surface area contributed by atoms with E-state index < -0.39 is 0 Å². The fourth-order valence-corrected chi connectivity index (χ4v) is 4.96. The van der Waals surface area contributed by atoms with E-state index in [0.717, 1.165) is 12.8 Å². The first-order valence-corrected chi connectivity index (χ1v) is 11.1. The van der Waals surface area contributed by atoms with Crippen molar-refractivity contribution in [1.82, 2.24) is 4.57 Å². The maximum atomic E-state index is 2.44. The van der Waals surface area contributed by atoms with E-state index in [1.165, 1.54) is 55.3 Å². The van der Waals surface area contributed by atoms with Gasteiger partial charge in [-0.1, -0.05) is 67.5 Å². The van der Waals surface area contributed by atoms with Gasteiger partial charge in [0.15, 0.2) is 0 Å². The zero-order valence-electron chi connectivity index (χ0n) is 18.4. The van der Waals surface area contributed by atoms with Crippen LogP contribution in [0.25, 0.3) is 33.1 Å². The number of hydrogen-bond donors (Lipinski definition) is 0. The maximum Gasteiger partial charge on any atom is 0.0544 e. The van der Waals surface area contributed by atoms with Crippen molar-refractivity contribution in [2.24, 2.45) is 5.92 Å². The Kier molecular flexibility index (Phi) is 4.62. The van der Waals surface area contributed by atoms with Gasteiger partial charge in [-0.05, 0) is 79.6 Å². The molecule has 0 N–H and O–H groups in total. The molecule has 0 amide bonds. The molecule has 30 heavy (non-hydrogen) atoms. The van der Waals surface area contributed by atoms with Gasteiger partial charge in [-0.15, -0.1) is 0 Å². The quantitative estimate of drug-likeness (QED) is 0.333. The van der Waals surface area contributed by atoms with Crippen LogP contribution in [0, 0.1) is 12.8 Å². The molecule has 1 aromatic heterocycles. The summed E-state index contributed by atoms with van der Waals surface area (Å²) >= 11 is 0. The van der Waals surface area contributed by atoms with Gasteiger partial charge in [0.2, 0.25) is 0 Å². The molecule has 0 aliphatic heterocycles. The molecule has 0 fully saturated rings. The van der Waals surface area contributed by atoms with E-state index in [9.17, 15) is 0 Å². The van der Waals surface area contributed by atoms with Gasteiger partial charge in [0.1, 0.15) is 0 Å². The van der Waals surface area contributed by atoms with Gasteiger partial charge in [-0.2, -0.15) is 0 Å². The van der Waals surface area contributed by atoms with Gasteiger partial charge in [0.25, 0.3) is 0 Å². The van der Waals surface area contributed by atoms with Crippen molar-refractivity contribution in [3.8, 4) is 5.69 Å². The Hall–Kier alpha value is -3.06. The fraction of sp³-hybridized carbons (Fsp3) is 0.241. The highest BCUT2D eigenvalue weighted by Gasteiger charge is 2.18. The summed E-state index contributed by atoms with van der Waals surface area (Å²) < 4.78 is 2.42. The zero-order valence-corrected chi connectivity index (χ0v) is 18.4. The van der Waals surface area contributed by atoms with Crippen LogP contribution in [0.1, 0.15) is 43.9 Å². The number of allylic oxidation sites excluding steroid dienone is 4. The normalized spacial score (nSPS) is 16.7. The summed E-state index contributed by atoms with van der Waals surface area (Å²) in [5.41, 5.74) is 10.8. The number of aryl methyl sites for hydroxylation is 2. The standard InChI is InChI=1S/C29H29N/c1-5-22-17-29-27(18-26(22)24-15-12-20(3)16-21(24)4)25-8-6-7-9-28(25)30(29)23-13-10-19(2)11-14-23/h6-15,17-18,20H,5,16H2,1-4H3. The van der Waals surface area contributed by atoms with Crippen molar-refractivity contribution in [2.75, 3.05) is 0 Å². The first-order chi connectivity index (χ1) is 14.6. The van der Waals surface area contributed by atoms with E-state index in [1.54, 1.807) is 0 Å². The number of fused-ring (bicyclic) bond motifs is 3. The van der Waals surface area contributed by atoms with Crippen LogP contribution < -0.4 is 0 Å². The fourth-order valence-electron chi connectivity index (χ4n) is 4.96. The number of rotatable bonds is 3. The van der Waals surface area contributed by atoms with Gasteiger partial charge < -0.3 is 4.57 Å². The molecule has 1 heteroatoms. The highest BCUT2D eigenvalue weighted by molar-refractivity contribution is 6.10. The lowest BCUT2D eigenvalue weighted by molar-refractivity contribution is 0.710. The van der Waals surface area contributed by atoms with Crippen molar-refractivity contribution in [2.45, 2.75) is 40.5 Å². The van der Waals surface area contributed by atoms with E-state index in [1.807, 2.05) is 0 Å². The molecule has 0 bridgehead atoms. The van der Waals surface area contributed by atoms with E-state index >= 15 is 0 Å². The van der Waals surface area contributed by atoms with Crippen LogP contribution in [-0.4, -0.2) is 4.57 Å². The van der Waals surface area contributed by atoms with Crippen LogP contribution in [0.15, 0.2) is 78.4 Å². The van der Waals surface area contributed by atoms with Gasteiger partial charge in [0.05, 0.1) is 11.0 Å². The smallest absolute Gasteiger partial charge is 0.0544 e. The van der Waals surface area contributed by atoms with Gasteiger partial charge in [0, 0.05) is 16.5 Å². The monoisotopic (exact) mass is 391 g/mol. The maximum absolute atomic E-state index is 2.44. The Labute approximate surface area is 179 Å². The van der Waals surface area contributed by atoms with Crippen molar-refractivity contribution >= 4 is 27.4 Å². The largest absolute Gasteiger partial charge is 0.309 e. The summed E-state index contributed by atoms with van der Waals surface area (Å²) in [5, 5.41) is 2.66.